The molecule has 0 fully saturated rings. The third kappa shape index (κ3) is 8.26. The van der Waals surface area contributed by atoms with Gasteiger partial charge in [0.15, 0.2) is 6.10 Å². The molecule has 0 bridgehead atoms. The highest BCUT2D eigenvalue weighted by atomic mass is 35.5. The van der Waals surface area contributed by atoms with Gasteiger partial charge in [-0.15, -0.1) is 0 Å². The molecule has 0 heterocycles. The van der Waals surface area contributed by atoms with Gasteiger partial charge >= 0.3 is 0 Å². The molecular formula is C24H29Cl2N3O4. The zero-order valence-corrected chi connectivity index (χ0v) is 20.8. The van der Waals surface area contributed by atoms with Crippen molar-refractivity contribution in [3.05, 3.63) is 57.6 Å². The maximum absolute atomic E-state index is 12.7. The SMILES string of the molecule is COc1cc(/C=N\NC(=O)[C@@H](CC(C)C)NC(=O)[C@@H](C)Oc2ccc(Cl)cc2Cl)ccc1C. The van der Waals surface area contributed by atoms with Crippen LogP contribution in [0.5, 0.6) is 11.5 Å². The minimum absolute atomic E-state index is 0.160. The lowest BCUT2D eigenvalue weighted by Gasteiger charge is -2.22. The first-order valence-electron chi connectivity index (χ1n) is 10.5. The smallest absolute Gasteiger partial charge is 0.262 e. The summed E-state index contributed by atoms with van der Waals surface area (Å²) in [6, 6.07) is 9.53. The quantitative estimate of drug-likeness (QED) is 0.368. The van der Waals surface area contributed by atoms with E-state index in [9.17, 15) is 9.59 Å². The highest BCUT2D eigenvalue weighted by Gasteiger charge is 2.25. The number of methoxy groups -OCH3 is 1. The normalized spacial score (nSPS) is 13.0. The number of hydrogen-bond acceptors (Lipinski definition) is 5. The number of nitrogens with one attached hydrogen (secondary N) is 2. The average molecular weight is 494 g/mol. The van der Waals surface area contributed by atoms with E-state index < -0.39 is 24.0 Å². The van der Waals surface area contributed by atoms with Gasteiger partial charge < -0.3 is 14.8 Å². The van der Waals surface area contributed by atoms with Crippen LogP contribution in [0.1, 0.15) is 38.3 Å². The van der Waals surface area contributed by atoms with Gasteiger partial charge in [0, 0.05) is 5.02 Å². The van der Waals surface area contributed by atoms with Gasteiger partial charge in [0.25, 0.3) is 11.8 Å². The van der Waals surface area contributed by atoms with Gasteiger partial charge in [-0.3, -0.25) is 9.59 Å². The number of benzene rings is 2. The molecule has 178 valence electrons. The second kappa shape index (κ2) is 12.5. The second-order valence-electron chi connectivity index (χ2n) is 7.99. The van der Waals surface area contributed by atoms with Crippen LogP contribution in [0.4, 0.5) is 0 Å². The minimum Gasteiger partial charge on any atom is -0.496 e. The Morgan fingerprint density at radius 1 is 1.06 bits per heavy atom. The molecule has 33 heavy (non-hydrogen) atoms. The van der Waals surface area contributed by atoms with Crippen molar-refractivity contribution in [3.63, 3.8) is 0 Å². The van der Waals surface area contributed by atoms with Gasteiger partial charge in [0.2, 0.25) is 0 Å². The van der Waals surface area contributed by atoms with Crippen molar-refractivity contribution < 1.29 is 19.1 Å². The Hall–Kier alpha value is -2.77. The molecular weight excluding hydrogens is 465 g/mol. The standard InChI is InChI=1S/C24H29Cl2N3O4/c1-14(2)10-20(24(31)29-27-13-17-7-6-15(3)22(11-17)32-5)28-23(30)16(4)33-21-9-8-18(25)12-19(21)26/h6-9,11-14,16,20H,10H2,1-5H3,(H,28,30)(H,29,31)/b27-13-/t16-,20-/m1/s1. The van der Waals surface area contributed by atoms with Crippen molar-refractivity contribution in [2.75, 3.05) is 7.11 Å². The van der Waals surface area contributed by atoms with E-state index in [0.29, 0.717) is 22.2 Å². The second-order valence-corrected chi connectivity index (χ2v) is 8.83. The van der Waals surface area contributed by atoms with Crippen LogP contribution in [0.2, 0.25) is 10.0 Å². The molecule has 0 aromatic heterocycles. The Labute approximate surface area is 204 Å². The molecule has 0 aliphatic carbocycles. The number of hydrazone groups is 1. The Bertz CT molecular complexity index is 1010. The fourth-order valence-corrected chi connectivity index (χ4v) is 3.43. The number of aryl methyl sites for hydroxylation is 1. The zero-order chi connectivity index (χ0) is 24.5. The fraction of sp³-hybridized carbons (Fsp3) is 0.375. The van der Waals surface area contributed by atoms with E-state index in [4.69, 9.17) is 32.7 Å². The van der Waals surface area contributed by atoms with E-state index >= 15 is 0 Å². The van der Waals surface area contributed by atoms with Crippen molar-refractivity contribution in [1.82, 2.24) is 10.7 Å². The number of rotatable bonds is 10. The molecule has 7 nitrogen and oxygen atoms in total. The van der Waals surface area contributed by atoms with Gasteiger partial charge in [0.05, 0.1) is 18.3 Å². The molecule has 0 unspecified atom stereocenters. The van der Waals surface area contributed by atoms with E-state index in [1.807, 2.05) is 39.0 Å². The molecule has 0 saturated heterocycles. The average Bonchev–Trinajstić information content (AvgIpc) is 2.75. The number of nitrogens with zero attached hydrogens (tertiary/aromatic N) is 1. The molecule has 0 radical (unpaired) electrons. The van der Waals surface area contributed by atoms with E-state index in [1.165, 1.54) is 12.3 Å². The number of ether oxygens (including phenoxy) is 2. The Morgan fingerprint density at radius 2 is 1.79 bits per heavy atom. The van der Waals surface area contributed by atoms with Crippen molar-refractivity contribution in [2.45, 2.75) is 46.3 Å². The van der Waals surface area contributed by atoms with E-state index in [1.54, 1.807) is 26.2 Å². The largest absolute Gasteiger partial charge is 0.496 e. The lowest BCUT2D eigenvalue weighted by Crippen LogP contribution is -2.49. The summed E-state index contributed by atoms with van der Waals surface area (Å²) < 4.78 is 10.9. The zero-order valence-electron chi connectivity index (χ0n) is 19.3. The third-order valence-corrected chi connectivity index (χ3v) is 5.26. The summed E-state index contributed by atoms with van der Waals surface area (Å²) in [6.07, 6.45) is 1.07. The van der Waals surface area contributed by atoms with Gasteiger partial charge in [-0.2, -0.15) is 5.10 Å². The number of carbonyl (C=O) groups excluding carboxylic acids is 2. The van der Waals surface area contributed by atoms with Gasteiger partial charge in [-0.25, -0.2) is 5.43 Å². The highest BCUT2D eigenvalue weighted by Crippen LogP contribution is 2.28. The molecule has 2 rings (SSSR count). The molecule has 2 aromatic carbocycles. The molecule has 0 aliphatic heterocycles. The third-order valence-electron chi connectivity index (χ3n) is 4.73. The maximum atomic E-state index is 12.7. The number of halogens is 2. The van der Waals surface area contributed by atoms with Crippen molar-refractivity contribution >= 4 is 41.2 Å². The Morgan fingerprint density at radius 3 is 2.42 bits per heavy atom. The molecule has 2 atom stereocenters. The first kappa shape index (κ1) is 26.5. The van der Waals surface area contributed by atoms with Crippen LogP contribution >= 0.6 is 23.2 Å². The number of carbonyl (C=O) groups is 2. The fourth-order valence-electron chi connectivity index (χ4n) is 2.97. The van der Waals surface area contributed by atoms with E-state index in [0.717, 1.165) is 16.9 Å². The lowest BCUT2D eigenvalue weighted by atomic mass is 10.0. The summed E-state index contributed by atoms with van der Waals surface area (Å²) in [5.74, 6) is 0.336. The Kier molecular flexibility index (Phi) is 10.0. The first-order chi connectivity index (χ1) is 15.6. The maximum Gasteiger partial charge on any atom is 0.262 e. The molecule has 0 saturated carbocycles. The van der Waals surface area contributed by atoms with Crippen molar-refractivity contribution in [2.24, 2.45) is 11.0 Å². The summed E-state index contributed by atoms with van der Waals surface area (Å²) in [6.45, 7) is 7.43. The van der Waals surface area contributed by atoms with Crippen LogP contribution in [-0.2, 0) is 9.59 Å². The van der Waals surface area contributed by atoms with Gasteiger partial charge in [-0.05, 0) is 61.6 Å². The van der Waals surface area contributed by atoms with Crippen LogP contribution in [0, 0.1) is 12.8 Å². The van der Waals surface area contributed by atoms with Crippen LogP contribution < -0.4 is 20.2 Å². The number of hydrogen-bond donors (Lipinski definition) is 2. The molecule has 2 aromatic rings. The van der Waals surface area contributed by atoms with Crippen LogP contribution in [0.25, 0.3) is 0 Å². The molecule has 9 heteroatoms. The summed E-state index contributed by atoms with van der Waals surface area (Å²) >= 11 is 12.0. The van der Waals surface area contributed by atoms with Crippen LogP contribution in [-0.4, -0.2) is 37.3 Å². The van der Waals surface area contributed by atoms with Gasteiger partial charge in [0.1, 0.15) is 17.5 Å². The van der Waals surface area contributed by atoms with Gasteiger partial charge in [-0.1, -0.05) is 49.2 Å². The summed E-state index contributed by atoms with van der Waals surface area (Å²) in [7, 11) is 1.59. The van der Waals surface area contributed by atoms with Crippen molar-refractivity contribution in [3.8, 4) is 11.5 Å². The lowest BCUT2D eigenvalue weighted by molar-refractivity contribution is -0.132. The minimum atomic E-state index is -0.880. The van der Waals surface area contributed by atoms with Crippen LogP contribution in [0.15, 0.2) is 41.5 Å². The Balaban J connectivity index is 2.02. The van der Waals surface area contributed by atoms with Crippen molar-refractivity contribution in [1.29, 1.82) is 0 Å². The van der Waals surface area contributed by atoms with E-state index in [-0.39, 0.29) is 5.92 Å². The molecule has 2 amide bonds. The van der Waals surface area contributed by atoms with Crippen LogP contribution in [0.3, 0.4) is 0 Å². The predicted molar refractivity (Wildman–Crippen MR) is 131 cm³/mol. The number of amides is 2. The predicted octanol–water partition coefficient (Wildman–Crippen LogP) is 4.76. The monoisotopic (exact) mass is 493 g/mol. The molecule has 0 aliphatic rings. The summed E-state index contributed by atoms with van der Waals surface area (Å²) in [5, 5.41) is 7.51. The molecule has 0 spiro atoms. The highest BCUT2D eigenvalue weighted by molar-refractivity contribution is 6.35. The summed E-state index contributed by atoms with van der Waals surface area (Å²) in [4.78, 5) is 25.4. The summed E-state index contributed by atoms with van der Waals surface area (Å²) in [5.41, 5.74) is 4.26. The first-order valence-corrected chi connectivity index (χ1v) is 11.3. The topological polar surface area (TPSA) is 89.0 Å². The van der Waals surface area contributed by atoms with E-state index in [2.05, 4.69) is 15.8 Å². The molecule has 2 N–H and O–H groups in total.